The van der Waals surface area contributed by atoms with Gasteiger partial charge in [0.2, 0.25) is 0 Å². The molecule has 22 heavy (non-hydrogen) atoms. The molecule has 1 saturated heterocycles. The second kappa shape index (κ2) is 5.76. The molecule has 118 valence electrons. The van der Waals surface area contributed by atoms with Gasteiger partial charge >= 0.3 is 6.09 Å². The minimum atomic E-state index is -0.483. The smallest absolute Gasteiger partial charge is 0.418 e. The zero-order valence-corrected chi connectivity index (χ0v) is 13.6. The molecule has 3 rings (SSSR count). The second-order valence-corrected chi connectivity index (χ2v) is 7.01. The topological polar surface area (TPSA) is 43.3 Å². The maximum atomic E-state index is 12.3. The highest BCUT2D eigenvalue weighted by molar-refractivity contribution is 5.90. The van der Waals surface area contributed by atoms with Gasteiger partial charge < -0.3 is 10.1 Å². The van der Waals surface area contributed by atoms with Crippen molar-refractivity contribution in [3.05, 3.63) is 36.0 Å². The number of benzene rings is 1. The molecule has 0 atom stereocenters. The number of piperidine rings is 1. The molecule has 0 radical (unpaired) electrons. The highest BCUT2D eigenvalue weighted by Gasteiger charge is 2.20. The van der Waals surface area contributed by atoms with Crippen LogP contribution in [0.3, 0.4) is 0 Å². The number of hydrogen-bond donors (Lipinski definition) is 1. The molecular formula is C18H24N2O2. The van der Waals surface area contributed by atoms with Gasteiger partial charge in [-0.1, -0.05) is 6.07 Å². The van der Waals surface area contributed by atoms with Crippen molar-refractivity contribution in [3.63, 3.8) is 0 Å². The Labute approximate surface area is 131 Å². The number of aromatic nitrogens is 1. The normalized spacial score (nSPS) is 16.9. The summed E-state index contributed by atoms with van der Waals surface area (Å²) in [7, 11) is 0. The summed E-state index contributed by atoms with van der Waals surface area (Å²) in [4.78, 5) is 12.3. The quantitative estimate of drug-likeness (QED) is 0.869. The number of hydrogen-bond acceptors (Lipinski definition) is 3. The SMILES string of the molecule is CC(C)(C)OC(=O)n1ccc2cc(C3CCNCC3)ccc21. The molecule has 2 aromatic rings. The van der Waals surface area contributed by atoms with Crippen molar-refractivity contribution >= 4 is 17.0 Å². The van der Waals surface area contributed by atoms with Gasteiger partial charge in [0.05, 0.1) is 5.52 Å². The van der Waals surface area contributed by atoms with Gasteiger partial charge in [-0.05, 0) is 76.4 Å². The van der Waals surface area contributed by atoms with E-state index < -0.39 is 5.60 Å². The van der Waals surface area contributed by atoms with Crippen LogP contribution >= 0.6 is 0 Å². The molecule has 0 spiro atoms. The van der Waals surface area contributed by atoms with Crippen LogP contribution in [0.4, 0.5) is 4.79 Å². The van der Waals surface area contributed by atoms with Crippen molar-refractivity contribution in [2.24, 2.45) is 0 Å². The lowest BCUT2D eigenvalue weighted by Gasteiger charge is -2.23. The first-order chi connectivity index (χ1) is 10.4. The minimum Gasteiger partial charge on any atom is -0.443 e. The predicted octanol–water partition coefficient (Wildman–Crippen LogP) is 3.89. The number of nitrogens with zero attached hydrogens (tertiary/aromatic N) is 1. The first-order valence-corrected chi connectivity index (χ1v) is 7.99. The van der Waals surface area contributed by atoms with Crippen LogP contribution in [0.2, 0.25) is 0 Å². The molecule has 4 nitrogen and oxygen atoms in total. The van der Waals surface area contributed by atoms with Gasteiger partial charge in [0, 0.05) is 11.6 Å². The van der Waals surface area contributed by atoms with E-state index in [2.05, 4.69) is 17.4 Å². The van der Waals surface area contributed by atoms with Crippen LogP contribution in [0.5, 0.6) is 0 Å². The van der Waals surface area contributed by atoms with Crippen molar-refractivity contribution in [3.8, 4) is 0 Å². The van der Waals surface area contributed by atoms with Gasteiger partial charge in [0.15, 0.2) is 0 Å². The maximum Gasteiger partial charge on any atom is 0.418 e. The number of ether oxygens (including phenoxy) is 1. The first-order valence-electron chi connectivity index (χ1n) is 7.99. The third-order valence-corrected chi connectivity index (χ3v) is 4.12. The maximum absolute atomic E-state index is 12.3. The van der Waals surface area contributed by atoms with Crippen LogP contribution in [-0.4, -0.2) is 29.4 Å². The van der Waals surface area contributed by atoms with Crippen molar-refractivity contribution in [1.82, 2.24) is 9.88 Å². The third-order valence-electron chi connectivity index (χ3n) is 4.12. The summed E-state index contributed by atoms with van der Waals surface area (Å²) < 4.78 is 7.04. The van der Waals surface area contributed by atoms with E-state index in [-0.39, 0.29) is 6.09 Å². The van der Waals surface area contributed by atoms with E-state index in [1.165, 1.54) is 18.4 Å². The summed E-state index contributed by atoms with van der Waals surface area (Å²) in [5, 5.41) is 4.50. The molecule has 4 heteroatoms. The minimum absolute atomic E-state index is 0.322. The van der Waals surface area contributed by atoms with Gasteiger partial charge in [0.25, 0.3) is 0 Å². The van der Waals surface area contributed by atoms with Gasteiger partial charge in [0.1, 0.15) is 5.60 Å². The average molecular weight is 300 g/mol. The molecule has 0 aliphatic carbocycles. The fourth-order valence-corrected chi connectivity index (χ4v) is 3.04. The molecule has 0 bridgehead atoms. The Morgan fingerprint density at radius 2 is 1.95 bits per heavy atom. The van der Waals surface area contributed by atoms with Crippen LogP contribution in [0, 0.1) is 0 Å². The summed E-state index contributed by atoms with van der Waals surface area (Å²) in [6.07, 6.45) is 3.83. The second-order valence-electron chi connectivity index (χ2n) is 7.01. The Balaban J connectivity index is 1.87. The Kier molecular flexibility index (Phi) is 3.96. The molecule has 0 unspecified atom stereocenters. The van der Waals surface area contributed by atoms with Crippen molar-refractivity contribution in [1.29, 1.82) is 0 Å². The molecule has 1 fully saturated rings. The Hall–Kier alpha value is -1.81. The number of fused-ring (bicyclic) bond motifs is 1. The molecule has 2 heterocycles. The molecule has 1 N–H and O–H groups in total. The van der Waals surface area contributed by atoms with E-state index in [0.29, 0.717) is 5.92 Å². The van der Waals surface area contributed by atoms with Crippen LogP contribution in [0.1, 0.15) is 45.1 Å². The van der Waals surface area contributed by atoms with E-state index in [9.17, 15) is 4.79 Å². The van der Waals surface area contributed by atoms with Gasteiger partial charge in [-0.15, -0.1) is 0 Å². The molecule has 1 aromatic carbocycles. The lowest BCUT2D eigenvalue weighted by Crippen LogP contribution is -2.27. The van der Waals surface area contributed by atoms with E-state index in [1.807, 2.05) is 32.9 Å². The van der Waals surface area contributed by atoms with Crippen molar-refractivity contribution in [2.45, 2.75) is 45.1 Å². The van der Waals surface area contributed by atoms with E-state index in [1.54, 1.807) is 10.8 Å². The Morgan fingerprint density at radius 1 is 1.23 bits per heavy atom. The zero-order valence-electron chi connectivity index (χ0n) is 13.6. The van der Waals surface area contributed by atoms with E-state index >= 15 is 0 Å². The number of nitrogens with one attached hydrogen (secondary N) is 1. The van der Waals surface area contributed by atoms with Crippen molar-refractivity contribution in [2.75, 3.05) is 13.1 Å². The number of carbonyl (C=O) groups is 1. The number of rotatable bonds is 1. The molecular weight excluding hydrogens is 276 g/mol. The van der Waals surface area contributed by atoms with Crippen LogP contribution in [-0.2, 0) is 4.74 Å². The summed E-state index contributed by atoms with van der Waals surface area (Å²) in [6.45, 7) is 7.81. The Bertz CT molecular complexity index is 676. The molecule has 0 saturated carbocycles. The first kappa shape index (κ1) is 15.1. The lowest BCUT2D eigenvalue weighted by molar-refractivity contribution is 0.0544. The molecule has 0 amide bonds. The lowest BCUT2D eigenvalue weighted by atomic mass is 9.90. The van der Waals surface area contributed by atoms with Crippen LogP contribution in [0.25, 0.3) is 10.9 Å². The van der Waals surface area contributed by atoms with Gasteiger partial charge in [-0.3, -0.25) is 4.57 Å². The largest absolute Gasteiger partial charge is 0.443 e. The summed E-state index contributed by atoms with van der Waals surface area (Å²) >= 11 is 0. The fourth-order valence-electron chi connectivity index (χ4n) is 3.04. The highest BCUT2D eigenvalue weighted by Crippen LogP contribution is 2.28. The molecule has 1 aromatic heterocycles. The monoisotopic (exact) mass is 300 g/mol. The summed E-state index contributed by atoms with van der Waals surface area (Å²) in [5.74, 6) is 0.621. The Morgan fingerprint density at radius 3 is 2.64 bits per heavy atom. The van der Waals surface area contributed by atoms with Crippen molar-refractivity contribution < 1.29 is 9.53 Å². The zero-order chi connectivity index (χ0) is 15.7. The van der Waals surface area contributed by atoms with Gasteiger partial charge in [-0.25, -0.2) is 4.79 Å². The highest BCUT2D eigenvalue weighted by atomic mass is 16.6. The predicted molar refractivity (Wildman–Crippen MR) is 88.4 cm³/mol. The van der Waals surface area contributed by atoms with Crippen LogP contribution in [0.15, 0.2) is 30.5 Å². The number of carbonyl (C=O) groups excluding carboxylic acids is 1. The molecule has 1 aliphatic rings. The fraction of sp³-hybridized carbons (Fsp3) is 0.500. The molecule has 1 aliphatic heterocycles. The standard InChI is InChI=1S/C18H24N2O2/c1-18(2,3)22-17(21)20-11-8-15-12-14(4-5-16(15)20)13-6-9-19-10-7-13/h4-5,8,11-13,19H,6-7,9-10H2,1-3H3. The van der Waals surface area contributed by atoms with Gasteiger partial charge in [-0.2, -0.15) is 0 Å². The average Bonchev–Trinajstić information content (AvgIpc) is 2.89. The van der Waals surface area contributed by atoms with Crippen LogP contribution < -0.4 is 5.32 Å². The van der Waals surface area contributed by atoms with E-state index in [0.717, 1.165) is 24.0 Å². The summed E-state index contributed by atoms with van der Waals surface area (Å²) in [5.41, 5.74) is 1.80. The third kappa shape index (κ3) is 3.17. The van der Waals surface area contributed by atoms with E-state index in [4.69, 9.17) is 4.74 Å². The summed E-state index contributed by atoms with van der Waals surface area (Å²) in [6, 6.07) is 8.39.